The minimum atomic E-state index is -2.89. The summed E-state index contributed by atoms with van der Waals surface area (Å²) >= 11 is 0. The molecule has 1 unspecified atom stereocenters. The van der Waals surface area contributed by atoms with Gasteiger partial charge in [-0.3, -0.25) is 9.69 Å². The molecule has 0 radical (unpaired) electrons. The summed E-state index contributed by atoms with van der Waals surface area (Å²) in [6.07, 6.45) is 4.55. The van der Waals surface area contributed by atoms with Crippen LogP contribution in [-0.4, -0.2) is 55.0 Å². The zero-order chi connectivity index (χ0) is 14.8. The highest BCUT2D eigenvalue weighted by atomic mass is 32.2. The van der Waals surface area contributed by atoms with Gasteiger partial charge in [-0.1, -0.05) is 13.3 Å². The molecule has 2 heterocycles. The Labute approximate surface area is 121 Å². The number of likely N-dealkylation sites (tertiary alicyclic amines) is 1. The monoisotopic (exact) mass is 303 g/mol. The zero-order valence-corrected chi connectivity index (χ0v) is 13.0. The van der Waals surface area contributed by atoms with Gasteiger partial charge < -0.3 is 5.11 Å². The van der Waals surface area contributed by atoms with E-state index in [0.717, 1.165) is 25.7 Å². The molecular formula is C14H25NO4S. The van der Waals surface area contributed by atoms with Crippen LogP contribution >= 0.6 is 0 Å². The van der Waals surface area contributed by atoms with Gasteiger partial charge in [0.05, 0.1) is 16.9 Å². The number of carboxylic acid groups (broad SMARTS) is 1. The SMILES string of the molecule is CCCC1(C(=O)O)CCN(C2CCCS(=O)(=O)C2)CC1. The first kappa shape index (κ1) is 15.8. The summed E-state index contributed by atoms with van der Waals surface area (Å²) in [7, 11) is -2.89. The maximum atomic E-state index is 11.7. The Morgan fingerprint density at radius 3 is 2.50 bits per heavy atom. The predicted molar refractivity (Wildman–Crippen MR) is 77.5 cm³/mol. The van der Waals surface area contributed by atoms with E-state index in [1.54, 1.807) is 0 Å². The van der Waals surface area contributed by atoms with Gasteiger partial charge in [0.1, 0.15) is 0 Å². The first-order valence-electron chi connectivity index (χ1n) is 7.56. The fraction of sp³-hybridized carbons (Fsp3) is 0.929. The minimum absolute atomic E-state index is 0.0992. The van der Waals surface area contributed by atoms with Crippen LogP contribution in [-0.2, 0) is 14.6 Å². The van der Waals surface area contributed by atoms with Crippen molar-refractivity contribution >= 4 is 15.8 Å². The van der Waals surface area contributed by atoms with Crippen LogP contribution in [0.2, 0.25) is 0 Å². The van der Waals surface area contributed by atoms with Gasteiger partial charge in [-0.25, -0.2) is 8.42 Å². The Balaban J connectivity index is 1.98. The van der Waals surface area contributed by atoms with E-state index in [2.05, 4.69) is 4.90 Å². The second-order valence-corrected chi connectivity index (χ2v) is 8.51. The summed E-state index contributed by atoms with van der Waals surface area (Å²) in [6.45, 7) is 3.45. The van der Waals surface area contributed by atoms with Crippen LogP contribution in [0.4, 0.5) is 0 Å². The molecule has 0 saturated carbocycles. The fourth-order valence-corrected chi connectivity index (χ4v) is 5.39. The summed E-state index contributed by atoms with van der Waals surface area (Å²) in [5, 5.41) is 9.49. The molecule has 1 atom stereocenters. The molecule has 2 aliphatic heterocycles. The Bertz CT molecular complexity index is 452. The molecule has 20 heavy (non-hydrogen) atoms. The highest BCUT2D eigenvalue weighted by Gasteiger charge is 2.42. The van der Waals surface area contributed by atoms with E-state index >= 15 is 0 Å². The predicted octanol–water partition coefficient (Wildman–Crippen LogP) is 1.53. The average Bonchev–Trinajstić information content (AvgIpc) is 2.38. The number of sulfone groups is 1. The molecule has 0 aromatic rings. The molecule has 2 saturated heterocycles. The number of piperidine rings is 1. The topological polar surface area (TPSA) is 74.7 Å². The van der Waals surface area contributed by atoms with Crippen LogP contribution in [0, 0.1) is 5.41 Å². The van der Waals surface area contributed by atoms with E-state index in [4.69, 9.17) is 0 Å². The van der Waals surface area contributed by atoms with Gasteiger partial charge in [-0.15, -0.1) is 0 Å². The van der Waals surface area contributed by atoms with Crippen LogP contribution < -0.4 is 0 Å². The number of hydrogen-bond acceptors (Lipinski definition) is 4. The van der Waals surface area contributed by atoms with Gasteiger partial charge in [0.15, 0.2) is 9.84 Å². The van der Waals surface area contributed by atoms with Crippen LogP contribution in [0.1, 0.15) is 45.4 Å². The smallest absolute Gasteiger partial charge is 0.309 e. The molecule has 1 N–H and O–H groups in total. The van der Waals surface area contributed by atoms with Gasteiger partial charge >= 0.3 is 5.97 Å². The Morgan fingerprint density at radius 2 is 2.00 bits per heavy atom. The normalized spacial score (nSPS) is 29.9. The summed E-state index contributed by atoms with van der Waals surface area (Å²) in [6, 6.07) is 0.0992. The van der Waals surface area contributed by atoms with E-state index in [9.17, 15) is 18.3 Å². The quantitative estimate of drug-likeness (QED) is 0.852. The molecule has 0 spiro atoms. The zero-order valence-electron chi connectivity index (χ0n) is 12.2. The number of hydrogen-bond donors (Lipinski definition) is 1. The van der Waals surface area contributed by atoms with Crippen LogP contribution in [0.25, 0.3) is 0 Å². The Morgan fingerprint density at radius 1 is 1.35 bits per heavy atom. The maximum absolute atomic E-state index is 11.7. The van der Waals surface area contributed by atoms with Crippen molar-refractivity contribution in [2.45, 2.75) is 51.5 Å². The first-order chi connectivity index (χ1) is 9.38. The highest BCUT2D eigenvalue weighted by Crippen LogP contribution is 2.37. The van der Waals surface area contributed by atoms with E-state index in [0.29, 0.717) is 31.7 Å². The molecule has 0 aromatic carbocycles. The minimum Gasteiger partial charge on any atom is -0.481 e. The second-order valence-electron chi connectivity index (χ2n) is 6.28. The van der Waals surface area contributed by atoms with Gasteiger partial charge in [0.25, 0.3) is 0 Å². The molecule has 2 rings (SSSR count). The number of carboxylic acids is 1. The highest BCUT2D eigenvalue weighted by molar-refractivity contribution is 7.91. The largest absolute Gasteiger partial charge is 0.481 e. The lowest BCUT2D eigenvalue weighted by molar-refractivity contribution is -0.153. The molecule has 0 amide bonds. The summed E-state index contributed by atoms with van der Waals surface area (Å²) < 4.78 is 23.4. The lowest BCUT2D eigenvalue weighted by Gasteiger charge is -2.43. The van der Waals surface area contributed by atoms with Crippen molar-refractivity contribution in [1.82, 2.24) is 4.90 Å². The van der Waals surface area contributed by atoms with E-state index in [1.165, 1.54) is 0 Å². The number of rotatable bonds is 4. The molecular weight excluding hydrogens is 278 g/mol. The van der Waals surface area contributed by atoms with Gasteiger partial charge in [0, 0.05) is 6.04 Å². The van der Waals surface area contributed by atoms with Crippen LogP contribution in [0.5, 0.6) is 0 Å². The van der Waals surface area contributed by atoms with Crippen molar-refractivity contribution < 1.29 is 18.3 Å². The molecule has 0 aromatic heterocycles. The van der Waals surface area contributed by atoms with Gasteiger partial charge in [0.2, 0.25) is 0 Å². The van der Waals surface area contributed by atoms with Crippen molar-refractivity contribution in [3.63, 3.8) is 0 Å². The lowest BCUT2D eigenvalue weighted by atomic mass is 9.74. The Kier molecular flexibility index (Phi) is 4.74. The maximum Gasteiger partial charge on any atom is 0.309 e. The van der Waals surface area contributed by atoms with E-state index in [1.807, 2.05) is 6.92 Å². The third kappa shape index (κ3) is 3.34. The number of aliphatic carboxylic acids is 1. The van der Waals surface area contributed by atoms with Crippen molar-refractivity contribution in [2.75, 3.05) is 24.6 Å². The summed E-state index contributed by atoms with van der Waals surface area (Å²) in [4.78, 5) is 13.7. The standard InChI is InChI=1S/C14H25NO4S/c1-2-5-14(13(16)17)6-8-15(9-7-14)12-4-3-10-20(18,19)11-12/h12H,2-11H2,1H3,(H,16,17). The van der Waals surface area contributed by atoms with Gasteiger partial charge in [-0.05, 0) is 45.2 Å². The fourth-order valence-electron chi connectivity index (χ4n) is 3.65. The third-order valence-electron chi connectivity index (χ3n) is 4.89. The van der Waals surface area contributed by atoms with Crippen LogP contribution in [0.15, 0.2) is 0 Å². The molecule has 5 nitrogen and oxygen atoms in total. The molecule has 2 aliphatic rings. The average molecular weight is 303 g/mol. The molecule has 6 heteroatoms. The van der Waals surface area contributed by atoms with Crippen molar-refractivity contribution in [3.05, 3.63) is 0 Å². The second kappa shape index (κ2) is 6.02. The van der Waals surface area contributed by atoms with Crippen LogP contribution in [0.3, 0.4) is 0 Å². The summed E-state index contributed by atoms with van der Waals surface area (Å²) in [5.74, 6) is -0.122. The van der Waals surface area contributed by atoms with Crippen molar-refractivity contribution in [3.8, 4) is 0 Å². The summed E-state index contributed by atoms with van der Waals surface area (Å²) in [5.41, 5.74) is -0.585. The van der Waals surface area contributed by atoms with Crippen molar-refractivity contribution in [2.24, 2.45) is 5.41 Å². The van der Waals surface area contributed by atoms with E-state index in [-0.39, 0.29) is 11.8 Å². The lowest BCUT2D eigenvalue weighted by Crippen LogP contribution is -2.51. The first-order valence-corrected chi connectivity index (χ1v) is 9.38. The third-order valence-corrected chi connectivity index (χ3v) is 6.70. The molecule has 0 aliphatic carbocycles. The van der Waals surface area contributed by atoms with Crippen molar-refractivity contribution in [1.29, 1.82) is 0 Å². The number of nitrogens with zero attached hydrogens (tertiary/aromatic N) is 1. The molecule has 116 valence electrons. The Hall–Kier alpha value is -0.620. The number of carbonyl (C=O) groups is 1. The molecule has 0 bridgehead atoms. The van der Waals surface area contributed by atoms with E-state index < -0.39 is 21.2 Å². The molecule has 2 fully saturated rings. The van der Waals surface area contributed by atoms with Gasteiger partial charge in [-0.2, -0.15) is 0 Å².